The Labute approximate surface area is 100 Å². The maximum Gasteiger partial charge on any atom is 0.323 e. The molecule has 2 amide bonds. The summed E-state index contributed by atoms with van der Waals surface area (Å²) in [6.07, 6.45) is -1.98. The van der Waals surface area contributed by atoms with E-state index in [1.807, 2.05) is 0 Å². The fourth-order valence-electron chi connectivity index (χ4n) is 1.53. The Morgan fingerprint density at radius 3 is 2.67 bits per heavy atom. The predicted molar refractivity (Wildman–Crippen MR) is 55.7 cm³/mol. The molecule has 1 fully saturated rings. The number of carbonyl (C=O) groups is 1. The van der Waals surface area contributed by atoms with E-state index in [-0.39, 0.29) is 5.82 Å². The molecule has 0 spiro atoms. The van der Waals surface area contributed by atoms with Gasteiger partial charge in [-0.25, -0.2) is 22.9 Å². The average Bonchev–Trinajstić information content (AvgIpc) is 2.27. The first kappa shape index (κ1) is 12.6. The molecule has 0 saturated carbocycles. The molecule has 1 saturated heterocycles. The number of β-amino-alcohol motifs (C(OH)–C–C–N with tert-alkyl or cyclic N) is 1. The van der Waals surface area contributed by atoms with E-state index in [0.29, 0.717) is 0 Å². The van der Waals surface area contributed by atoms with E-state index >= 15 is 0 Å². The van der Waals surface area contributed by atoms with Gasteiger partial charge in [-0.05, 0) is 12.1 Å². The highest BCUT2D eigenvalue weighted by Crippen LogP contribution is 2.27. The molecule has 5 nitrogen and oxygen atoms in total. The second-order valence-electron chi connectivity index (χ2n) is 4.05. The van der Waals surface area contributed by atoms with Crippen molar-refractivity contribution in [1.29, 1.82) is 0 Å². The molecular weight excluding hydrogens is 251 g/mol. The van der Waals surface area contributed by atoms with Gasteiger partial charge in [-0.1, -0.05) is 0 Å². The van der Waals surface area contributed by atoms with Gasteiger partial charge >= 0.3 is 6.03 Å². The Morgan fingerprint density at radius 2 is 2.17 bits per heavy atom. The summed E-state index contributed by atoms with van der Waals surface area (Å²) < 4.78 is 37.2. The second-order valence-corrected chi connectivity index (χ2v) is 4.05. The molecule has 2 heterocycles. The lowest BCUT2D eigenvalue weighted by atomic mass is 9.95. The van der Waals surface area contributed by atoms with E-state index in [1.165, 1.54) is 6.07 Å². The normalized spacial score (nSPS) is 17.5. The van der Waals surface area contributed by atoms with Crippen molar-refractivity contribution >= 4 is 11.8 Å². The van der Waals surface area contributed by atoms with Crippen LogP contribution < -0.4 is 5.32 Å². The number of likely N-dealkylation sites (tertiary alicyclic amines) is 1. The van der Waals surface area contributed by atoms with Crippen molar-refractivity contribution in [2.45, 2.75) is 12.0 Å². The van der Waals surface area contributed by atoms with Crippen LogP contribution in [0.2, 0.25) is 0 Å². The van der Waals surface area contributed by atoms with Gasteiger partial charge in [0.05, 0.1) is 19.3 Å². The van der Waals surface area contributed by atoms with Crippen molar-refractivity contribution in [1.82, 2.24) is 9.88 Å². The zero-order valence-electron chi connectivity index (χ0n) is 9.11. The third kappa shape index (κ3) is 2.37. The van der Waals surface area contributed by atoms with Crippen LogP contribution in [0.15, 0.2) is 18.3 Å². The molecule has 98 valence electrons. The molecule has 0 aromatic carbocycles. The standard InChI is InChI=1S/C10H10F3N3O2/c11-6-1-2-7(14-3-6)15-9(17)16-4-10(18,5-16)8(12)13/h1-3,8,18H,4-5H2,(H,14,15,17). The lowest BCUT2D eigenvalue weighted by Crippen LogP contribution is -2.67. The minimum absolute atomic E-state index is 0.105. The zero-order valence-corrected chi connectivity index (χ0v) is 9.11. The van der Waals surface area contributed by atoms with Gasteiger partial charge in [-0.3, -0.25) is 5.32 Å². The van der Waals surface area contributed by atoms with Gasteiger partial charge in [0.25, 0.3) is 6.43 Å². The topological polar surface area (TPSA) is 65.5 Å². The Kier molecular flexibility index (Phi) is 3.12. The van der Waals surface area contributed by atoms with E-state index in [1.54, 1.807) is 0 Å². The van der Waals surface area contributed by atoms with Crippen LogP contribution in [0, 0.1) is 5.82 Å². The number of amides is 2. The van der Waals surface area contributed by atoms with Crippen molar-refractivity contribution in [3.8, 4) is 0 Å². The molecule has 2 rings (SSSR count). The molecule has 18 heavy (non-hydrogen) atoms. The molecule has 1 aromatic rings. The highest BCUT2D eigenvalue weighted by molar-refractivity contribution is 5.89. The first-order chi connectivity index (χ1) is 8.40. The maximum absolute atomic E-state index is 12.5. The number of halogens is 3. The Bertz CT molecular complexity index is 446. The number of anilines is 1. The van der Waals surface area contributed by atoms with Crippen LogP contribution in [0.25, 0.3) is 0 Å². The minimum atomic E-state index is -2.90. The molecular formula is C10H10F3N3O2. The summed E-state index contributed by atoms with van der Waals surface area (Å²) in [5.41, 5.74) is -2.13. The molecule has 1 aromatic heterocycles. The molecule has 1 aliphatic rings. The van der Waals surface area contributed by atoms with Gasteiger partial charge in [0.2, 0.25) is 0 Å². The van der Waals surface area contributed by atoms with E-state index in [2.05, 4.69) is 10.3 Å². The number of alkyl halides is 2. The third-order valence-corrected chi connectivity index (χ3v) is 2.59. The summed E-state index contributed by atoms with van der Waals surface area (Å²) >= 11 is 0. The predicted octanol–water partition coefficient (Wildman–Crippen LogP) is 1.06. The van der Waals surface area contributed by atoms with Crippen molar-refractivity contribution in [2.24, 2.45) is 0 Å². The van der Waals surface area contributed by atoms with E-state index < -0.39 is 37.0 Å². The highest BCUT2D eigenvalue weighted by Gasteiger charge is 2.50. The lowest BCUT2D eigenvalue weighted by Gasteiger charge is -2.45. The summed E-state index contributed by atoms with van der Waals surface area (Å²) in [5, 5.41) is 11.6. The molecule has 0 aliphatic carbocycles. The quantitative estimate of drug-likeness (QED) is 0.836. The first-order valence-corrected chi connectivity index (χ1v) is 5.09. The van der Waals surface area contributed by atoms with Crippen molar-refractivity contribution in [3.05, 3.63) is 24.1 Å². The van der Waals surface area contributed by atoms with Crippen LogP contribution in [0.1, 0.15) is 0 Å². The summed E-state index contributed by atoms with van der Waals surface area (Å²) in [5.74, 6) is -0.446. The number of hydrogen-bond acceptors (Lipinski definition) is 3. The van der Waals surface area contributed by atoms with Gasteiger partial charge in [-0.2, -0.15) is 0 Å². The number of urea groups is 1. The van der Waals surface area contributed by atoms with Gasteiger partial charge in [0.15, 0.2) is 5.60 Å². The summed E-state index contributed by atoms with van der Waals surface area (Å²) in [6, 6.07) is 1.68. The van der Waals surface area contributed by atoms with Crippen LogP contribution in [-0.2, 0) is 0 Å². The monoisotopic (exact) mass is 261 g/mol. The molecule has 0 atom stereocenters. The average molecular weight is 261 g/mol. The minimum Gasteiger partial charge on any atom is -0.380 e. The summed E-state index contributed by atoms with van der Waals surface area (Å²) in [4.78, 5) is 16.1. The third-order valence-electron chi connectivity index (χ3n) is 2.59. The van der Waals surface area contributed by atoms with Crippen LogP contribution in [0.3, 0.4) is 0 Å². The van der Waals surface area contributed by atoms with Crippen LogP contribution in [0.4, 0.5) is 23.8 Å². The maximum atomic E-state index is 12.5. The van der Waals surface area contributed by atoms with Crippen LogP contribution in [-0.4, -0.2) is 46.1 Å². The van der Waals surface area contributed by atoms with Gasteiger partial charge in [0, 0.05) is 0 Å². The van der Waals surface area contributed by atoms with E-state index in [4.69, 9.17) is 0 Å². The van der Waals surface area contributed by atoms with Crippen LogP contribution >= 0.6 is 0 Å². The fourth-order valence-corrected chi connectivity index (χ4v) is 1.53. The van der Waals surface area contributed by atoms with Gasteiger partial charge in [0.1, 0.15) is 11.6 Å². The zero-order chi connectivity index (χ0) is 13.3. The number of carbonyl (C=O) groups excluding carboxylic acids is 1. The summed E-state index contributed by atoms with van der Waals surface area (Å²) in [6.45, 7) is -0.893. The molecule has 0 bridgehead atoms. The van der Waals surface area contributed by atoms with Crippen molar-refractivity contribution < 1.29 is 23.1 Å². The number of rotatable bonds is 2. The molecule has 8 heteroatoms. The largest absolute Gasteiger partial charge is 0.380 e. The number of nitrogens with zero attached hydrogens (tertiary/aromatic N) is 2. The Hall–Kier alpha value is -1.83. The summed E-state index contributed by atoms with van der Waals surface area (Å²) in [7, 11) is 0. The SMILES string of the molecule is O=C(Nc1ccc(F)cn1)N1CC(O)(C(F)F)C1. The first-order valence-electron chi connectivity index (χ1n) is 5.09. The van der Waals surface area contributed by atoms with Crippen LogP contribution in [0.5, 0.6) is 0 Å². The van der Waals surface area contributed by atoms with Crippen molar-refractivity contribution in [3.63, 3.8) is 0 Å². The number of hydrogen-bond donors (Lipinski definition) is 2. The fraction of sp³-hybridized carbons (Fsp3) is 0.400. The van der Waals surface area contributed by atoms with Gasteiger partial charge in [-0.15, -0.1) is 0 Å². The number of aromatic nitrogens is 1. The lowest BCUT2D eigenvalue weighted by molar-refractivity contribution is -0.163. The molecule has 1 aliphatic heterocycles. The molecule has 0 unspecified atom stereocenters. The Morgan fingerprint density at radius 1 is 1.50 bits per heavy atom. The smallest absolute Gasteiger partial charge is 0.323 e. The number of nitrogens with one attached hydrogen (secondary N) is 1. The van der Waals surface area contributed by atoms with Gasteiger partial charge < -0.3 is 10.0 Å². The number of aliphatic hydroxyl groups is 1. The Balaban J connectivity index is 1.89. The number of pyridine rings is 1. The molecule has 0 radical (unpaired) electrons. The van der Waals surface area contributed by atoms with E-state index in [0.717, 1.165) is 17.2 Å². The highest BCUT2D eigenvalue weighted by atomic mass is 19.3. The molecule has 2 N–H and O–H groups in total. The van der Waals surface area contributed by atoms with Crippen molar-refractivity contribution in [2.75, 3.05) is 18.4 Å². The van der Waals surface area contributed by atoms with E-state index in [9.17, 15) is 23.1 Å². The second kappa shape index (κ2) is 4.45.